The van der Waals surface area contributed by atoms with Crippen LogP contribution in [0.25, 0.3) is 0 Å². The Morgan fingerprint density at radius 3 is 2.43 bits per heavy atom. The van der Waals surface area contributed by atoms with Crippen molar-refractivity contribution in [2.75, 3.05) is 49.8 Å². The highest BCUT2D eigenvalue weighted by Crippen LogP contribution is 2.45. The van der Waals surface area contributed by atoms with E-state index in [1.54, 1.807) is 26.0 Å². The van der Waals surface area contributed by atoms with Crippen molar-refractivity contribution in [3.63, 3.8) is 0 Å². The summed E-state index contributed by atoms with van der Waals surface area (Å²) < 4.78 is 20.6. The molecule has 1 aliphatic heterocycles. The van der Waals surface area contributed by atoms with E-state index in [0.717, 1.165) is 32.2 Å². The molecule has 1 atom stereocenters. The summed E-state index contributed by atoms with van der Waals surface area (Å²) in [5.41, 5.74) is 0.946. The fourth-order valence-electron chi connectivity index (χ4n) is 5.53. The summed E-state index contributed by atoms with van der Waals surface area (Å²) in [5.74, 6) is 0.402. The molecule has 2 aromatic carbocycles. The SMILES string of the molecule is COc1cc(N2CCC[C@@H]2CN(C)C)c([N+](=O)[O-])cc1Nc1ncnc(Nc2cc(F)c(C3CC3)cc2C(C)(C)O)n1. The summed E-state index contributed by atoms with van der Waals surface area (Å²) in [4.78, 5) is 28.6. The Labute approximate surface area is 244 Å². The van der Waals surface area contributed by atoms with Crippen molar-refractivity contribution in [3.05, 3.63) is 57.7 Å². The van der Waals surface area contributed by atoms with Gasteiger partial charge >= 0.3 is 0 Å². The van der Waals surface area contributed by atoms with E-state index in [1.165, 1.54) is 25.6 Å². The minimum atomic E-state index is -1.25. The average molecular weight is 581 g/mol. The van der Waals surface area contributed by atoms with Gasteiger partial charge in [-0.15, -0.1) is 0 Å². The van der Waals surface area contributed by atoms with Crippen LogP contribution in [0.4, 0.5) is 39.0 Å². The molecule has 1 aromatic heterocycles. The maximum Gasteiger partial charge on any atom is 0.294 e. The van der Waals surface area contributed by atoms with E-state index < -0.39 is 10.5 Å². The lowest BCUT2D eigenvalue weighted by molar-refractivity contribution is -0.384. The number of aliphatic hydroxyl groups is 1. The van der Waals surface area contributed by atoms with Gasteiger partial charge in [-0.2, -0.15) is 4.98 Å². The normalized spacial score (nSPS) is 17.0. The number of nitro benzene ring substituents is 1. The summed E-state index contributed by atoms with van der Waals surface area (Å²) in [7, 11) is 5.47. The van der Waals surface area contributed by atoms with Crippen LogP contribution in [0.3, 0.4) is 0 Å². The molecule has 5 rings (SSSR count). The summed E-state index contributed by atoms with van der Waals surface area (Å²) in [6.45, 7) is 4.77. The van der Waals surface area contributed by atoms with Gasteiger partial charge in [-0.05, 0) is 77.2 Å². The Morgan fingerprint density at radius 1 is 1.14 bits per heavy atom. The first kappa shape index (κ1) is 29.4. The molecule has 3 N–H and O–H groups in total. The molecule has 2 aliphatic rings. The van der Waals surface area contributed by atoms with Crippen molar-refractivity contribution in [3.8, 4) is 5.75 Å². The molecule has 42 heavy (non-hydrogen) atoms. The zero-order valence-electron chi connectivity index (χ0n) is 24.5. The number of nitrogens with one attached hydrogen (secondary N) is 2. The quantitative estimate of drug-likeness (QED) is 0.207. The van der Waals surface area contributed by atoms with Gasteiger partial charge in [-0.1, -0.05) is 0 Å². The predicted octanol–water partition coefficient (Wildman–Crippen LogP) is 5.05. The third-order valence-electron chi connectivity index (χ3n) is 7.63. The average Bonchev–Trinajstić information content (AvgIpc) is 3.66. The van der Waals surface area contributed by atoms with Gasteiger partial charge < -0.3 is 30.3 Å². The van der Waals surface area contributed by atoms with Crippen LogP contribution in [0.15, 0.2) is 30.6 Å². The van der Waals surface area contributed by atoms with Gasteiger partial charge in [-0.25, -0.2) is 14.4 Å². The first-order valence-corrected chi connectivity index (χ1v) is 14.0. The lowest BCUT2D eigenvalue weighted by Gasteiger charge is -2.29. The van der Waals surface area contributed by atoms with Crippen LogP contribution in [-0.4, -0.2) is 70.2 Å². The molecule has 1 saturated carbocycles. The second-order valence-electron chi connectivity index (χ2n) is 11.7. The summed E-state index contributed by atoms with van der Waals surface area (Å²) in [6, 6.07) is 6.30. The van der Waals surface area contributed by atoms with E-state index in [0.29, 0.717) is 40.5 Å². The molecule has 2 fully saturated rings. The fourth-order valence-corrected chi connectivity index (χ4v) is 5.53. The zero-order valence-corrected chi connectivity index (χ0v) is 24.5. The highest BCUT2D eigenvalue weighted by Gasteiger charge is 2.33. The van der Waals surface area contributed by atoms with Crippen LogP contribution in [0.2, 0.25) is 0 Å². The van der Waals surface area contributed by atoms with Gasteiger partial charge in [0.2, 0.25) is 11.9 Å². The second-order valence-corrected chi connectivity index (χ2v) is 11.7. The molecule has 0 radical (unpaired) electrons. The highest BCUT2D eigenvalue weighted by atomic mass is 19.1. The maximum absolute atomic E-state index is 14.9. The number of nitro groups is 1. The molecule has 3 aromatic rings. The number of hydrogen-bond donors (Lipinski definition) is 3. The topological polar surface area (TPSA) is 142 Å². The van der Waals surface area contributed by atoms with Gasteiger partial charge in [0.25, 0.3) is 5.69 Å². The number of likely N-dealkylation sites (N-methyl/N-ethyl adjacent to an activating group) is 1. The molecule has 2 heterocycles. The summed E-state index contributed by atoms with van der Waals surface area (Å²) >= 11 is 0. The third-order valence-corrected chi connectivity index (χ3v) is 7.63. The van der Waals surface area contributed by atoms with Crippen molar-refractivity contribution in [1.29, 1.82) is 0 Å². The van der Waals surface area contributed by atoms with Gasteiger partial charge in [0.1, 0.15) is 23.6 Å². The first-order chi connectivity index (χ1) is 19.9. The van der Waals surface area contributed by atoms with Gasteiger partial charge in [0, 0.05) is 42.5 Å². The van der Waals surface area contributed by atoms with E-state index in [-0.39, 0.29) is 35.4 Å². The molecule has 0 unspecified atom stereocenters. The summed E-state index contributed by atoms with van der Waals surface area (Å²) in [5, 5.41) is 29.0. The van der Waals surface area contributed by atoms with Crippen molar-refractivity contribution < 1.29 is 19.2 Å². The molecule has 1 aliphatic carbocycles. The van der Waals surface area contributed by atoms with E-state index >= 15 is 0 Å². The smallest absolute Gasteiger partial charge is 0.294 e. The van der Waals surface area contributed by atoms with Gasteiger partial charge in [-0.3, -0.25) is 10.1 Å². The van der Waals surface area contributed by atoms with Crippen LogP contribution in [-0.2, 0) is 5.60 Å². The minimum absolute atomic E-state index is 0.0580. The molecule has 224 valence electrons. The molecular formula is C29H37FN8O4. The van der Waals surface area contributed by atoms with E-state index in [1.807, 2.05) is 14.1 Å². The Hall–Kier alpha value is -4.10. The number of aromatic nitrogens is 3. The lowest BCUT2D eigenvalue weighted by Crippen LogP contribution is -2.37. The van der Waals surface area contributed by atoms with Gasteiger partial charge in [0.15, 0.2) is 0 Å². The molecule has 0 amide bonds. The number of methoxy groups -OCH3 is 1. The van der Waals surface area contributed by atoms with E-state index in [4.69, 9.17) is 4.74 Å². The number of anilines is 5. The zero-order chi connectivity index (χ0) is 30.2. The van der Waals surface area contributed by atoms with Crippen LogP contribution in [0, 0.1) is 15.9 Å². The molecule has 0 spiro atoms. The molecule has 12 nitrogen and oxygen atoms in total. The third kappa shape index (κ3) is 6.36. The van der Waals surface area contributed by atoms with Crippen LogP contribution >= 0.6 is 0 Å². The Balaban J connectivity index is 1.44. The number of ether oxygens (including phenoxy) is 1. The Bertz CT molecular complexity index is 1470. The van der Waals surface area contributed by atoms with Crippen molar-refractivity contribution in [1.82, 2.24) is 19.9 Å². The van der Waals surface area contributed by atoms with Crippen molar-refractivity contribution in [2.45, 2.75) is 57.1 Å². The highest BCUT2D eigenvalue weighted by molar-refractivity contribution is 5.77. The lowest BCUT2D eigenvalue weighted by atomic mass is 9.93. The first-order valence-electron chi connectivity index (χ1n) is 14.0. The van der Waals surface area contributed by atoms with Crippen molar-refractivity contribution in [2.24, 2.45) is 0 Å². The number of hydrogen-bond acceptors (Lipinski definition) is 11. The van der Waals surface area contributed by atoms with Crippen molar-refractivity contribution >= 4 is 34.6 Å². The standard InChI is InChI=1S/C29H37FN8O4/c1-29(2,39)20-11-19(17-8-9-17)21(30)12-22(20)33-27-31-16-32-28(35-27)34-23-13-25(38(40)41)24(14-26(23)42-5)37-10-6-7-18(37)15-36(3)4/h11-14,16-18,39H,6-10,15H2,1-5H3,(H2,31,32,33,34,35)/t18-/m1/s1. The number of rotatable bonds is 11. The predicted molar refractivity (Wildman–Crippen MR) is 159 cm³/mol. The Morgan fingerprint density at radius 2 is 1.83 bits per heavy atom. The molecular weight excluding hydrogens is 543 g/mol. The fraction of sp³-hybridized carbons (Fsp3) is 0.483. The minimum Gasteiger partial charge on any atom is -0.494 e. The summed E-state index contributed by atoms with van der Waals surface area (Å²) in [6.07, 6.45) is 5.01. The maximum atomic E-state index is 14.9. The number of benzene rings is 2. The monoisotopic (exact) mass is 580 g/mol. The number of nitrogens with zero attached hydrogens (tertiary/aromatic N) is 6. The largest absolute Gasteiger partial charge is 0.494 e. The molecule has 1 saturated heterocycles. The van der Waals surface area contributed by atoms with Crippen LogP contribution in [0.1, 0.15) is 56.6 Å². The molecule has 0 bridgehead atoms. The van der Waals surface area contributed by atoms with Crippen LogP contribution in [0.5, 0.6) is 5.75 Å². The number of halogens is 1. The van der Waals surface area contributed by atoms with E-state index in [2.05, 4.69) is 35.4 Å². The second kappa shape index (κ2) is 11.6. The van der Waals surface area contributed by atoms with E-state index in [9.17, 15) is 19.6 Å². The Kier molecular flexibility index (Phi) is 8.15. The van der Waals surface area contributed by atoms with Gasteiger partial charge in [0.05, 0.1) is 23.3 Å². The van der Waals surface area contributed by atoms with Crippen LogP contribution < -0.4 is 20.3 Å². The molecule has 13 heteroatoms.